The number of rotatable bonds is 7. The van der Waals surface area contributed by atoms with Crippen LogP contribution < -0.4 is 5.32 Å². The summed E-state index contributed by atoms with van der Waals surface area (Å²) >= 11 is 0. The van der Waals surface area contributed by atoms with E-state index in [4.69, 9.17) is 0 Å². The maximum atomic E-state index is 12.6. The number of hydrogen-bond donors (Lipinski definition) is 1. The van der Waals surface area contributed by atoms with Gasteiger partial charge in [-0.15, -0.1) is 0 Å². The van der Waals surface area contributed by atoms with Crippen LogP contribution in [0.2, 0.25) is 0 Å². The minimum Gasteiger partial charge on any atom is -0.348 e. The number of hydrogen-bond acceptors (Lipinski definition) is 2. The number of nitrogens with zero attached hydrogens (tertiary/aromatic N) is 1. The summed E-state index contributed by atoms with van der Waals surface area (Å²) in [5.74, 6) is 0.765. The van der Waals surface area contributed by atoms with Crippen LogP contribution in [0.4, 0.5) is 0 Å². The molecule has 0 unspecified atom stereocenters. The van der Waals surface area contributed by atoms with Gasteiger partial charge in [0.2, 0.25) is 0 Å². The van der Waals surface area contributed by atoms with Gasteiger partial charge in [0, 0.05) is 18.7 Å². The molecule has 0 bridgehead atoms. The second kappa shape index (κ2) is 10.2. The lowest BCUT2D eigenvalue weighted by Crippen LogP contribution is -2.34. The molecule has 3 heteroatoms. The van der Waals surface area contributed by atoms with Crippen molar-refractivity contribution in [2.24, 2.45) is 5.92 Å². The molecule has 4 rings (SSSR count). The molecule has 3 aromatic carbocycles. The lowest BCUT2D eigenvalue weighted by Gasteiger charge is -2.32. The Balaban J connectivity index is 1.27. The zero-order chi connectivity index (χ0) is 20.6. The zero-order valence-corrected chi connectivity index (χ0v) is 17.5. The number of benzene rings is 3. The molecule has 0 radical (unpaired) electrons. The van der Waals surface area contributed by atoms with Crippen molar-refractivity contribution in [1.29, 1.82) is 0 Å². The fourth-order valence-corrected chi connectivity index (χ4v) is 4.25. The first kappa shape index (κ1) is 20.4. The molecule has 30 heavy (non-hydrogen) atoms. The van der Waals surface area contributed by atoms with Crippen molar-refractivity contribution in [3.05, 3.63) is 107 Å². The van der Waals surface area contributed by atoms with Crippen LogP contribution in [0.5, 0.6) is 0 Å². The quantitative estimate of drug-likeness (QED) is 0.602. The Morgan fingerprint density at radius 2 is 1.43 bits per heavy atom. The summed E-state index contributed by atoms with van der Waals surface area (Å²) in [6.07, 6.45) is 3.67. The highest BCUT2D eigenvalue weighted by molar-refractivity contribution is 5.94. The topological polar surface area (TPSA) is 32.3 Å². The second-order valence-electron chi connectivity index (χ2n) is 8.28. The van der Waals surface area contributed by atoms with Crippen LogP contribution in [0.3, 0.4) is 0 Å². The molecule has 0 atom stereocenters. The average molecular weight is 399 g/mol. The third-order valence-electron chi connectivity index (χ3n) is 5.97. The van der Waals surface area contributed by atoms with Crippen molar-refractivity contribution >= 4 is 5.91 Å². The molecule has 1 saturated heterocycles. The molecule has 3 nitrogen and oxygen atoms in total. The van der Waals surface area contributed by atoms with Gasteiger partial charge in [0.15, 0.2) is 0 Å². The van der Waals surface area contributed by atoms with Crippen molar-refractivity contribution in [2.75, 3.05) is 13.1 Å². The van der Waals surface area contributed by atoms with Gasteiger partial charge in [-0.1, -0.05) is 72.8 Å². The number of amides is 1. The van der Waals surface area contributed by atoms with E-state index in [0.29, 0.717) is 6.54 Å². The Morgan fingerprint density at radius 3 is 2.13 bits per heavy atom. The number of carbonyl (C=O) groups excluding carboxylic acids is 1. The Labute approximate surface area is 179 Å². The predicted molar refractivity (Wildman–Crippen MR) is 122 cm³/mol. The summed E-state index contributed by atoms with van der Waals surface area (Å²) < 4.78 is 0. The molecular weight excluding hydrogens is 368 g/mol. The van der Waals surface area contributed by atoms with E-state index in [1.165, 1.54) is 30.4 Å². The molecular formula is C27H30N2O. The standard InChI is InChI=1S/C27H30N2O/c30-27(28-20-24-10-5-2-6-11-24)26-13-7-12-25(19-26)21-29-16-14-23(15-17-29)18-22-8-3-1-4-9-22/h1-13,19,23H,14-18,20-21H2,(H,28,30). The summed E-state index contributed by atoms with van der Waals surface area (Å²) in [4.78, 5) is 15.1. The summed E-state index contributed by atoms with van der Waals surface area (Å²) in [5.41, 5.74) is 4.51. The molecule has 0 aromatic heterocycles. The van der Waals surface area contributed by atoms with Crippen LogP contribution >= 0.6 is 0 Å². The highest BCUT2D eigenvalue weighted by atomic mass is 16.1. The van der Waals surface area contributed by atoms with Gasteiger partial charge in [0.05, 0.1) is 0 Å². The third-order valence-corrected chi connectivity index (χ3v) is 5.97. The molecule has 1 aliphatic rings. The van der Waals surface area contributed by atoms with E-state index in [2.05, 4.69) is 46.6 Å². The second-order valence-corrected chi connectivity index (χ2v) is 8.28. The highest BCUT2D eigenvalue weighted by Crippen LogP contribution is 2.23. The molecule has 0 aliphatic carbocycles. The van der Waals surface area contributed by atoms with Gasteiger partial charge in [0.25, 0.3) is 5.91 Å². The molecule has 1 fully saturated rings. The minimum atomic E-state index is -0.0118. The van der Waals surface area contributed by atoms with Crippen molar-refractivity contribution < 1.29 is 4.79 Å². The van der Waals surface area contributed by atoms with Gasteiger partial charge in [0.1, 0.15) is 0 Å². The van der Waals surface area contributed by atoms with E-state index in [9.17, 15) is 4.79 Å². The number of nitrogens with one attached hydrogen (secondary N) is 1. The van der Waals surface area contributed by atoms with Crippen LogP contribution in [0.15, 0.2) is 84.9 Å². The molecule has 1 amide bonds. The zero-order valence-electron chi connectivity index (χ0n) is 17.5. The molecule has 154 valence electrons. The van der Waals surface area contributed by atoms with Crippen molar-refractivity contribution in [2.45, 2.75) is 32.4 Å². The summed E-state index contributed by atoms with van der Waals surface area (Å²) in [6, 6.07) is 28.9. The lowest BCUT2D eigenvalue weighted by atomic mass is 9.90. The van der Waals surface area contributed by atoms with Crippen molar-refractivity contribution in [1.82, 2.24) is 10.2 Å². The molecule has 1 heterocycles. The Kier molecular flexibility index (Phi) is 6.94. The van der Waals surface area contributed by atoms with E-state index in [1.807, 2.05) is 48.5 Å². The first-order chi connectivity index (χ1) is 14.8. The average Bonchev–Trinajstić information content (AvgIpc) is 2.80. The van der Waals surface area contributed by atoms with E-state index in [0.717, 1.165) is 36.7 Å². The fraction of sp³-hybridized carbons (Fsp3) is 0.296. The van der Waals surface area contributed by atoms with Gasteiger partial charge in [-0.3, -0.25) is 9.69 Å². The third kappa shape index (κ3) is 5.80. The number of piperidine rings is 1. The van der Waals surface area contributed by atoms with Gasteiger partial charge in [-0.2, -0.15) is 0 Å². The summed E-state index contributed by atoms with van der Waals surface area (Å²) in [7, 11) is 0. The monoisotopic (exact) mass is 398 g/mol. The minimum absolute atomic E-state index is 0.0118. The molecule has 1 aliphatic heterocycles. The van der Waals surface area contributed by atoms with Gasteiger partial charge >= 0.3 is 0 Å². The van der Waals surface area contributed by atoms with E-state index in [-0.39, 0.29) is 5.91 Å². The van der Waals surface area contributed by atoms with Crippen LogP contribution in [0.1, 0.15) is 39.9 Å². The Morgan fingerprint density at radius 1 is 0.800 bits per heavy atom. The number of likely N-dealkylation sites (tertiary alicyclic amines) is 1. The largest absolute Gasteiger partial charge is 0.348 e. The predicted octanol–water partition coefficient (Wildman–Crippen LogP) is 5.07. The summed E-state index contributed by atoms with van der Waals surface area (Å²) in [6.45, 7) is 3.72. The normalized spacial score (nSPS) is 15.1. The lowest BCUT2D eigenvalue weighted by molar-refractivity contribution is 0.0950. The number of carbonyl (C=O) groups is 1. The van der Waals surface area contributed by atoms with Gasteiger partial charge in [-0.05, 0) is 67.1 Å². The smallest absolute Gasteiger partial charge is 0.251 e. The van der Waals surface area contributed by atoms with Crippen LogP contribution in [-0.2, 0) is 19.5 Å². The first-order valence-electron chi connectivity index (χ1n) is 10.9. The SMILES string of the molecule is O=C(NCc1ccccc1)c1cccc(CN2CCC(Cc3ccccc3)CC2)c1. The van der Waals surface area contributed by atoms with Crippen LogP contribution in [0.25, 0.3) is 0 Å². The van der Waals surface area contributed by atoms with Gasteiger partial charge in [-0.25, -0.2) is 0 Å². The molecule has 1 N–H and O–H groups in total. The molecule has 0 spiro atoms. The van der Waals surface area contributed by atoms with E-state index >= 15 is 0 Å². The fourth-order valence-electron chi connectivity index (χ4n) is 4.25. The van der Waals surface area contributed by atoms with Crippen molar-refractivity contribution in [3.8, 4) is 0 Å². The Hall–Kier alpha value is -2.91. The first-order valence-corrected chi connectivity index (χ1v) is 10.9. The molecule has 0 saturated carbocycles. The maximum absolute atomic E-state index is 12.6. The van der Waals surface area contributed by atoms with Crippen LogP contribution in [0, 0.1) is 5.92 Å². The Bertz CT molecular complexity index is 931. The molecule has 3 aromatic rings. The van der Waals surface area contributed by atoms with Crippen LogP contribution in [-0.4, -0.2) is 23.9 Å². The highest BCUT2D eigenvalue weighted by Gasteiger charge is 2.19. The van der Waals surface area contributed by atoms with E-state index in [1.54, 1.807) is 0 Å². The summed E-state index contributed by atoms with van der Waals surface area (Å²) in [5, 5.41) is 3.02. The van der Waals surface area contributed by atoms with Gasteiger partial charge < -0.3 is 5.32 Å². The maximum Gasteiger partial charge on any atom is 0.251 e. The van der Waals surface area contributed by atoms with E-state index < -0.39 is 0 Å². The van der Waals surface area contributed by atoms with Crippen molar-refractivity contribution in [3.63, 3.8) is 0 Å².